The molecule has 0 aromatic heterocycles. The Morgan fingerprint density at radius 2 is 2.14 bits per heavy atom. The monoisotopic (exact) mass is 100 g/mol. The molecule has 0 amide bonds. The van der Waals surface area contributed by atoms with Gasteiger partial charge in [0, 0.05) is 1.37 Å². The summed E-state index contributed by atoms with van der Waals surface area (Å²) >= 11 is 0. The molecule has 0 radical (unpaired) electrons. The molecule has 0 aromatic rings. The number of hydrogen-bond donors (Lipinski definition) is 1. The number of rotatable bonds is 0. The van der Waals surface area contributed by atoms with E-state index in [1.54, 1.807) is 0 Å². The molecule has 1 fully saturated rings. The summed E-state index contributed by atoms with van der Waals surface area (Å²) in [4.78, 5) is 0. The topological polar surface area (TPSA) is 12.0 Å². The van der Waals surface area contributed by atoms with Crippen LogP contribution >= 0.6 is 0 Å². The van der Waals surface area contributed by atoms with E-state index in [2.05, 4.69) is 5.32 Å². The van der Waals surface area contributed by atoms with E-state index in [4.69, 9.17) is 1.37 Å². The lowest BCUT2D eigenvalue weighted by Gasteiger charge is -2.17. The van der Waals surface area contributed by atoms with Gasteiger partial charge in [0.15, 0.2) is 0 Å². The smallest absolute Gasteiger partial charge is 0.0301 e. The van der Waals surface area contributed by atoms with Crippen LogP contribution in [0.2, 0.25) is 0 Å². The molecule has 1 rings (SSSR count). The van der Waals surface area contributed by atoms with E-state index >= 15 is 0 Å². The number of hydrogen-bond acceptors (Lipinski definition) is 1. The fraction of sp³-hybridized carbons (Fsp3) is 1.00. The van der Waals surface area contributed by atoms with Crippen LogP contribution in [0.5, 0.6) is 0 Å². The second-order valence-electron chi connectivity index (χ2n) is 2.21. The summed E-state index contributed by atoms with van der Waals surface area (Å²) in [6.45, 7) is 4.06. The maximum Gasteiger partial charge on any atom is 0.0301 e. The number of piperidine rings is 1. The fourth-order valence-electron chi connectivity index (χ4n) is 0.854. The van der Waals surface area contributed by atoms with Crippen LogP contribution in [0.1, 0.15) is 21.1 Å². The molecule has 0 aliphatic carbocycles. The van der Waals surface area contributed by atoms with Gasteiger partial charge in [0.1, 0.15) is 0 Å². The van der Waals surface area contributed by atoms with E-state index in [9.17, 15) is 0 Å². The van der Waals surface area contributed by atoms with Crippen LogP contribution in [0.3, 0.4) is 0 Å². The molecule has 1 heterocycles. The van der Waals surface area contributed by atoms with Crippen molar-refractivity contribution in [2.24, 2.45) is 5.89 Å². The normalized spacial score (nSPS) is 31.9. The summed E-state index contributed by atoms with van der Waals surface area (Å²) in [7, 11) is 0. The van der Waals surface area contributed by atoms with Crippen LogP contribution in [0.4, 0.5) is 0 Å². The van der Waals surface area contributed by atoms with Crippen LogP contribution < -0.4 is 5.32 Å². The molecule has 0 aromatic carbocycles. The Balaban J connectivity index is 2.33. The van der Waals surface area contributed by atoms with Crippen molar-refractivity contribution < 1.29 is 1.37 Å². The van der Waals surface area contributed by atoms with E-state index < -0.39 is 0 Å². The Bertz CT molecular complexity index is 72.6. The highest BCUT2D eigenvalue weighted by molar-refractivity contribution is 4.62. The zero-order valence-electron chi connectivity index (χ0n) is 5.83. The van der Waals surface area contributed by atoms with Crippen LogP contribution in [0, 0.1) is 5.89 Å². The molecule has 1 nitrogen and oxygen atoms in total. The van der Waals surface area contributed by atoms with Crippen molar-refractivity contribution in [1.82, 2.24) is 5.32 Å². The summed E-state index contributed by atoms with van der Waals surface area (Å²) < 4.78 is 7.59. The van der Waals surface area contributed by atoms with Crippen molar-refractivity contribution in [2.75, 3.05) is 13.1 Å². The first kappa shape index (κ1) is 3.90. The summed E-state index contributed by atoms with van der Waals surface area (Å²) in [5.74, 6) is -0.134. The molecule has 1 heteroatoms. The Morgan fingerprint density at radius 3 is 2.43 bits per heavy atom. The first-order valence-corrected chi connectivity index (χ1v) is 2.91. The summed E-state index contributed by atoms with van der Waals surface area (Å²) in [6, 6.07) is 0. The molecule has 0 unspecified atom stereocenters. The maximum absolute atomic E-state index is 7.59. The molecule has 0 saturated carbocycles. The molecule has 42 valence electrons. The lowest BCUT2D eigenvalue weighted by molar-refractivity contribution is 0.402. The average molecular weight is 100 g/mol. The first-order chi connectivity index (χ1) is 3.71. The van der Waals surface area contributed by atoms with Crippen LogP contribution in [-0.2, 0) is 0 Å². The molecule has 1 aliphatic rings. The molecule has 0 spiro atoms. The summed E-state index contributed by atoms with van der Waals surface area (Å²) in [5.41, 5.74) is 0. The zero-order chi connectivity index (χ0) is 6.04. The molecular weight excluding hydrogens is 86.1 g/mol. The van der Waals surface area contributed by atoms with E-state index in [1.165, 1.54) is 0 Å². The van der Waals surface area contributed by atoms with E-state index in [1.807, 2.05) is 6.92 Å². The third-order valence-electron chi connectivity index (χ3n) is 1.46. The van der Waals surface area contributed by atoms with Crippen molar-refractivity contribution in [2.45, 2.75) is 19.8 Å². The van der Waals surface area contributed by atoms with Gasteiger partial charge >= 0.3 is 0 Å². The lowest BCUT2D eigenvalue weighted by Crippen LogP contribution is -2.26. The fourth-order valence-corrected chi connectivity index (χ4v) is 0.854. The van der Waals surface area contributed by atoms with Gasteiger partial charge in [0.2, 0.25) is 0 Å². The molecule has 1 N–H and O–H groups in total. The molecule has 1 aliphatic heterocycles. The second-order valence-corrected chi connectivity index (χ2v) is 2.21. The van der Waals surface area contributed by atoms with Crippen molar-refractivity contribution >= 4 is 0 Å². The minimum absolute atomic E-state index is 0.134. The molecular formula is C6H13N. The number of nitrogens with one attached hydrogen (secondary N) is 1. The van der Waals surface area contributed by atoms with Gasteiger partial charge in [0.05, 0.1) is 0 Å². The van der Waals surface area contributed by atoms with Gasteiger partial charge in [-0.05, 0) is 31.8 Å². The highest BCUT2D eigenvalue weighted by atomic mass is 14.9. The third-order valence-corrected chi connectivity index (χ3v) is 1.46. The minimum Gasteiger partial charge on any atom is -0.317 e. The molecule has 1 saturated heterocycles. The van der Waals surface area contributed by atoms with Gasteiger partial charge in [0.25, 0.3) is 0 Å². The Kier molecular flexibility index (Phi) is 1.29. The first-order valence-electron chi connectivity index (χ1n) is 3.41. The van der Waals surface area contributed by atoms with E-state index in [0.717, 1.165) is 25.9 Å². The van der Waals surface area contributed by atoms with Gasteiger partial charge in [-0.25, -0.2) is 0 Å². The van der Waals surface area contributed by atoms with Crippen LogP contribution in [0.25, 0.3) is 0 Å². The summed E-state index contributed by atoms with van der Waals surface area (Å²) in [6.07, 6.45) is 2.01. The largest absolute Gasteiger partial charge is 0.317 e. The van der Waals surface area contributed by atoms with Crippen LogP contribution in [-0.4, -0.2) is 13.1 Å². The predicted octanol–water partition coefficient (Wildman–Crippen LogP) is 1.01. The standard InChI is InChI=1S/C6H13N/c1-6-2-4-7-5-3-6/h6-7H,2-5H2,1H3/i6D. The molecule has 0 atom stereocenters. The quantitative estimate of drug-likeness (QED) is 0.479. The van der Waals surface area contributed by atoms with E-state index in [-0.39, 0.29) is 5.89 Å². The predicted molar refractivity (Wildman–Crippen MR) is 31.3 cm³/mol. The molecule has 0 bridgehead atoms. The Morgan fingerprint density at radius 1 is 1.57 bits per heavy atom. The molecule has 7 heavy (non-hydrogen) atoms. The van der Waals surface area contributed by atoms with Gasteiger partial charge < -0.3 is 5.32 Å². The SMILES string of the molecule is [2H]C1(C)CCNCC1. The van der Waals surface area contributed by atoms with Crippen molar-refractivity contribution in [3.05, 3.63) is 0 Å². The Hall–Kier alpha value is -0.0400. The van der Waals surface area contributed by atoms with Crippen molar-refractivity contribution in [1.29, 1.82) is 0 Å². The van der Waals surface area contributed by atoms with Crippen molar-refractivity contribution in [3.63, 3.8) is 0 Å². The minimum atomic E-state index is -0.134. The second kappa shape index (κ2) is 2.31. The summed E-state index contributed by atoms with van der Waals surface area (Å²) in [5, 5.41) is 3.22. The maximum atomic E-state index is 7.59. The van der Waals surface area contributed by atoms with Gasteiger partial charge in [-0.1, -0.05) is 6.92 Å². The zero-order valence-corrected chi connectivity index (χ0v) is 4.83. The van der Waals surface area contributed by atoms with Gasteiger partial charge in [-0.2, -0.15) is 0 Å². The average Bonchev–Trinajstić information content (AvgIpc) is 1.65. The Labute approximate surface area is 46.5 Å². The highest BCUT2D eigenvalue weighted by Gasteiger charge is 2.04. The van der Waals surface area contributed by atoms with E-state index in [0.29, 0.717) is 0 Å². The van der Waals surface area contributed by atoms with Gasteiger partial charge in [-0.3, -0.25) is 0 Å². The highest BCUT2D eigenvalue weighted by Crippen LogP contribution is 2.08. The lowest BCUT2D eigenvalue weighted by atomic mass is 10.0. The van der Waals surface area contributed by atoms with Crippen LogP contribution in [0.15, 0.2) is 0 Å². The van der Waals surface area contributed by atoms with Crippen molar-refractivity contribution in [3.8, 4) is 0 Å². The third kappa shape index (κ3) is 1.48. The van der Waals surface area contributed by atoms with Gasteiger partial charge in [-0.15, -0.1) is 0 Å².